The van der Waals surface area contributed by atoms with Gasteiger partial charge < -0.3 is 4.74 Å². The van der Waals surface area contributed by atoms with Gasteiger partial charge in [-0.1, -0.05) is 36.0 Å². The monoisotopic (exact) mass is 285 g/mol. The third-order valence-electron chi connectivity index (χ3n) is 2.41. The molecule has 0 saturated carbocycles. The van der Waals surface area contributed by atoms with E-state index in [9.17, 15) is 0 Å². The molecule has 0 amide bonds. The maximum Gasteiger partial charge on any atom is 0.138 e. The van der Waals surface area contributed by atoms with Gasteiger partial charge in [0.25, 0.3) is 0 Å². The number of hydrogen-bond donors (Lipinski definition) is 0. The summed E-state index contributed by atoms with van der Waals surface area (Å²) >= 11 is 11.8. The Labute approximate surface area is 119 Å². The summed E-state index contributed by atoms with van der Waals surface area (Å²) in [7, 11) is 0. The molecule has 1 aromatic carbocycles. The average Bonchev–Trinajstić information content (AvgIpc) is 2.32. The molecule has 1 aromatic rings. The number of nitrogens with zero attached hydrogens (tertiary/aromatic N) is 1. The molecule has 0 radical (unpaired) electrons. The lowest BCUT2D eigenvalue weighted by Crippen LogP contribution is -2.29. The van der Waals surface area contributed by atoms with Crippen LogP contribution < -0.4 is 4.74 Å². The van der Waals surface area contributed by atoms with Crippen molar-refractivity contribution in [3.8, 4) is 18.1 Å². The molecule has 98 valence electrons. The zero-order chi connectivity index (χ0) is 13.4. The van der Waals surface area contributed by atoms with Gasteiger partial charge >= 0.3 is 0 Å². The Hall–Kier alpha value is -0.880. The first-order valence-corrected chi connectivity index (χ1v) is 6.66. The molecule has 0 heterocycles. The highest BCUT2D eigenvalue weighted by molar-refractivity contribution is 6.35. The van der Waals surface area contributed by atoms with Gasteiger partial charge in [0.2, 0.25) is 0 Å². The summed E-state index contributed by atoms with van der Waals surface area (Å²) in [4.78, 5) is 2.17. The Balaban J connectivity index is 2.42. The van der Waals surface area contributed by atoms with Crippen LogP contribution in [0.3, 0.4) is 0 Å². The second kappa shape index (κ2) is 8.26. The number of hydrogen-bond acceptors (Lipinski definition) is 2. The van der Waals surface area contributed by atoms with E-state index >= 15 is 0 Å². The van der Waals surface area contributed by atoms with Gasteiger partial charge in [-0.3, -0.25) is 4.90 Å². The summed E-state index contributed by atoms with van der Waals surface area (Å²) in [5.74, 6) is 3.30. The Bertz CT molecular complexity index is 415. The molecule has 0 N–H and O–H groups in total. The van der Waals surface area contributed by atoms with Crippen molar-refractivity contribution >= 4 is 23.2 Å². The number of halogens is 2. The van der Waals surface area contributed by atoms with Crippen molar-refractivity contribution in [3.05, 3.63) is 28.2 Å². The summed E-state index contributed by atoms with van der Waals surface area (Å²) in [6.07, 6.45) is 6.39. The molecule has 0 atom stereocenters. The van der Waals surface area contributed by atoms with Gasteiger partial charge in [-0.05, 0) is 31.2 Å². The van der Waals surface area contributed by atoms with E-state index in [1.54, 1.807) is 18.2 Å². The van der Waals surface area contributed by atoms with E-state index in [2.05, 4.69) is 17.7 Å². The zero-order valence-electron chi connectivity index (χ0n) is 10.5. The fraction of sp³-hybridized carbons (Fsp3) is 0.429. The summed E-state index contributed by atoms with van der Waals surface area (Å²) < 4.78 is 5.61. The van der Waals surface area contributed by atoms with Crippen LogP contribution in [0.1, 0.15) is 13.3 Å². The van der Waals surface area contributed by atoms with Gasteiger partial charge in [0.15, 0.2) is 0 Å². The molecule has 0 aromatic heterocycles. The molecule has 0 fully saturated rings. The van der Waals surface area contributed by atoms with E-state index in [4.69, 9.17) is 34.4 Å². The largest absolute Gasteiger partial charge is 0.491 e. The Morgan fingerprint density at radius 3 is 2.72 bits per heavy atom. The van der Waals surface area contributed by atoms with Crippen LogP contribution in [0.5, 0.6) is 5.75 Å². The lowest BCUT2D eigenvalue weighted by atomic mass is 10.3. The summed E-state index contributed by atoms with van der Waals surface area (Å²) in [5, 5.41) is 1.13. The SMILES string of the molecule is C#CCN(CCC)CCOc1ccc(Cl)cc1Cl. The van der Waals surface area contributed by atoms with Crippen molar-refractivity contribution in [2.45, 2.75) is 13.3 Å². The predicted molar refractivity (Wildman–Crippen MR) is 77.5 cm³/mol. The van der Waals surface area contributed by atoms with Gasteiger partial charge in [0.1, 0.15) is 12.4 Å². The molecule has 0 bridgehead atoms. The maximum absolute atomic E-state index is 6.01. The van der Waals surface area contributed by atoms with Crippen LogP contribution in [0.2, 0.25) is 10.0 Å². The molecule has 0 unspecified atom stereocenters. The topological polar surface area (TPSA) is 12.5 Å². The molecular weight excluding hydrogens is 269 g/mol. The Morgan fingerprint density at radius 2 is 2.11 bits per heavy atom. The highest BCUT2D eigenvalue weighted by atomic mass is 35.5. The summed E-state index contributed by atoms with van der Waals surface area (Å²) in [5.41, 5.74) is 0. The van der Waals surface area contributed by atoms with Crippen LogP contribution >= 0.6 is 23.2 Å². The third kappa shape index (κ3) is 5.18. The minimum atomic E-state index is 0.529. The fourth-order valence-electron chi connectivity index (χ4n) is 1.59. The quantitative estimate of drug-likeness (QED) is 0.708. The first-order valence-electron chi connectivity index (χ1n) is 5.91. The van der Waals surface area contributed by atoms with Crippen LogP contribution in [-0.2, 0) is 0 Å². The van der Waals surface area contributed by atoms with Crippen LogP contribution in [0.15, 0.2) is 18.2 Å². The lowest BCUT2D eigenvalue weighted by Gasteiger charge is -2.19. The Kier molecular flexibility index (Phi) is 6.97. The zero-order valence-corrected chi connectivity index (χ0v) is 12.0. The second-order valence-electron chi connectivity index (χ2n) is 3.90. The number of benzene rings is 1. The van der Waals surface area contributed by atoms with Gasteiger partial charge in [0.05, 0.1) is 11.6 Å². The smallest absolute Gasteiger partial charge is 0.138 e. The fourth-order valence-corrected chi connectivity index (χ4v) is 2.06. The molecule has 2 nitrogen and oxygen atoms in total. The molecule has 0 aliphatic heterocycles. The number of terminal acetylenes is 1. The highest BCUT2D eigenvalue weighted by Gasteiger charge is 2.05. The molecule has 4 heteroatoms. The highest BCUT2D eigenvalue weighted by Crippen LogP contribution is 2.27. The standard InChI is InChI=1S/C14H17Cl2NO/c1-3-7-17(8-4-2)9-10-18-14-6-5-12(15)11-13(14)16/h1,5-6,11H,4,7-10H2,2H3. The molecule has 0 aliphatic rings. The van der Waals surface area contributed by atoms with Crippen molar-refractivity contribution in [2.75, 3.05) is 26.2 Å². The van der Waals surface area contributed by atoms with Gasteiger partial charge in [-0.2, -0.15) is 0 Å². The maximum atomic E-state index is 6.01. The van der Waals surface area contributed by atoms with Crippen molar-refractivity contribution in [1.82, 2.24) is 4.90 Å². The van der Waals surface area contributed by atoms with Crippen molar-refractivity contribution in [1.29, 1.82) is 0 Å². The van der Waals surface area contributed by atoms with Gasteiger partial charge in [-0.25, -0.2) is 0 Å². The van der Waals surface area contributed by atoms with Crippen molar-refractivity contribution < 1.29 is 4.74 Å². The van der Waals surface area contributed by atoms with Crippen LogP contribution in [0.25, 0.3) is 0 Å². The van der Waals surface area contributed by atoms with Crippen molar-refractivity contribution in [3.63, 3.8) is 0 Å². The lowest BCUT2D eigenvalue weighted by molar-refractivity contribution is 0.225. The Morgan fingerprint density at radius 1 is 1.33 bits per heavy atom. The molecule has 1 rings (SSSR count). The normalized spacial score (nSPS) is 10.4. The van der Waals surface area contributed by atoms with E-state index in [0.717, 1.165) is 19.5 Å². The minimum Gasteiger partial charge on any atom is -0.491 e. The molecule has 0 saturated heterocycles. The van der Waals surface area contributed by atoms with Crippen LogP contribution in [0.4, 0.5) is 0 Å². The summed E-state index contributed by atoms with van der Waals surface area (Å²) in [6.45, 7) is 5.09. The van der Waals surface area contributed by atoms with E-state index < -0.39 is 0 Å². The number of ether oxygens (including phenoxy) is 1. The molecule has 18 heavy (non-hydrogen) atoms. The van der Waals surface area contributed by atoms with Gasteiger partial charge in [-0.15, -0.1) is 6.42 Å². The van der Waals surface area contributed by atoms with Crippen LogP contribution in [-0.4, -0.2) is 31.1 Å². The van der Waals surface area contributed by atoms with Crippen molar-refractivity contribution in [2.24, 2.45) is 0 Å². The second-order valence-corrected chi connectivity index (χ2v) is 4.75. The van der Waals surface area contributed by atoms with E-state index in [1.165, 1.54) is 0 Å². The first-order chi connectivity index (χ1) is 8.67. The predicted octanol–water partition coefficient (Wildman–Crippen LogP) is 3.72. The average molecular weight is 286 g/mol. The molecule has 0 aliphatic carbocycles. The number of rotatable bonds is 7. The molecule has 0 spiro atoms. The van der Waals surface area contributed by atoms with Gasteiger partial charge in [0, 0.05) is 11.6 Å². The minimum absolute atomic E-state index is 0.529. The first kappa shape index (κ1) is 15.2. The van der Waals surface area contributed by atoms with E-state index in [0.29, 0.717) is 28.9 Å². The molecular formula is C14H17Cl2NO. The van der Waals surface area contributed by atoms with E-state index in [1.807, 2.05) is 0 Å². The van der Waals surface area contributed by atoms with E-state index in [-0.39, 0.29) is 0 Å². The third-order valence-corrected chi connectivity index (χ3v) is 2.94. The van der Waals surface area contributed by atoms with Crippen LogP contribution in [0, 0.1) is 12.3 Å². The summed E-state index contributed by atoms with van der Waals surface area (Å²) in [6, 6.07) is 5.20.